The molecule has 7 heteroatoms. The molecule has 0 radical (unpaired) electrons. The Morgan fingerprint density at radius 3 is 2.48 bits per heavy atom. The van der Waals surface area contributed by atoms with Crippen LogP contribution in [-0.2, 0) is 6.61 Å². The number of benzene rings is 2. The van der Waals surface area contributed by atoms with E-state index >= 15 is 0 Å². The second-order valence-corrected chi connectivity index (χ2v) is 6.29. The van der Waals surface area contributed by atoms with E-state index in [0.29, 0.717) is 5.56 Å². The van der Waals surface area contributed by atoms with E-state index < -0.39 is 4.92 Å². The fraction of sp³-hybridized carbons (Fsp3) is 0.278. The zero-order chi connectivity index (χ0) is 17.8. The summed E-state index contributed by atoms with van der Waals surface area (Å²) in [5.74, 6) is 0.199. The van der Waals surface area contributed by atoms with Crippen LogP contribution in [0.5, 0.6) is 5.75 Å². The predicted molar refractivity (Wildman–Crippen MR) is 94.0 cm³/mol. The van der Waals surface area contributed by atoms with Crippen molar-refractivity contribution in [3.05, 3.63) is 68.7 Å². The van der Waals surface area contributed by atoms with E-state index in [1.165, 1.54) is 12.1 Å². The van der Waals surface area contributed by atoms with Crippen LogP contribution < -0.4 is 4.74 Å². The van der Waals surface area contributed by atoms with Crippen LogP contribution in [0.4, 0.5) is 5.69 Å². The van der Waals surface area contributed by atoms with Crippen molar-refractivity contribution in [1.29, 1.82) is 0 Å². The molecule has 0 aromatic heterocycles. The van der Waals surface area contributed by atoms with Gasteiger partial charge in [-0.2, -0.15) is 0 Å². The third-order valence-electron chi connectivity index (χ3n) is 4.11. The standard InChI is InChI=1S/C18H17ClN2O4/c19-15-7-8-17(16(11-15)21(23)24)25-12-13-3-5-14(6-4-13)18(22)20-9-1-2-10-20/h3-8,11H,1-2,9-10,12H2. The number of nitrogens with zero attached hydrogens (tertiary/aromatic N) is 2. The first kappa shape index (κ1) is 17.2. The molecule has 2 aromatic rings. The average molecular weight is 361 g/mol. The first-order valence-electron chi connectivity index (χ1n) is 7.99. The van der Waals surface area contributed by atoms with Gasteiger partial charge in [0, 0.05) is 29.7 Å². The molecule has 0 N–H and O–H groups in total. The Hall–Kier alpha value is -2.60. The number of nitro benzene ring substituents is 1. The summed E-state index contributed by atoms with van der Waals surface area (Å²) in [6.45, 7) is 1.79. The van der Waals surface area contributed by atoms with E-state index in [2.05, 4.69) is 0 Å². The summed E-state index contributed by atoms with van der Waals surface area (Å²) < 4.78 is 5.54. The Labute approximate surface area is 150 Å². The molecule has 0 unspecified atom stereocenters. The first-order valence-corrected chi connectivity index (χ1v) is 8.37. The lowest BCUT2D eigenvalue weighted by Gasteiger charge is -2.15. The number of rotatable bonds is 5. The summed E-state index contributed by atoms with van der Waals surface area (Å²) >= 11 is 5.78. The maximum absolute atomic E-state index is 12.3. The van der Waals surface area contributed by atoms with Gasteiger partial charge in [0.1, 0.15) is 6.61 Å². The van der Waals surface area contributed by atoms with Crippen molar-refractivity contribution >= 4 is 23.2 Å². The van der Waals surface area contributed by atoms with Gasteiger partial charge in [-0.3, -0.25) is 14.9 Å². The molecule has 1 heterocycles. The summed E-state index contributed by atoms with van der Waals surface area (Å²) in [6.07, 6.45) is 2.11. The summed E-state index contributed by atoms with van der Waals surface area (Å²) in [5, 5.41) is 11.3. The van der Waals surface area contributed by atoms with Crippen LogP contribution in [0.1, 0.15) is 28.8 Å². The molecule has 0 saturated carbocycles. The van der Waals surface area contributed by atoms with Crippen LogP contribution in [0.15, 0.2) is 42.5 Å². The largest absolute Gasteiger partial charge is 0.482 e. The molecule has 0 spiro atoms. The number of nitro groups is 1. The van der Waals surface area contributed by atoms with Gasteiger partial charge in [0.2, 0.25) is 0 Å². The minimum Gasteiger partial charge on any atom is -0.482 e. The number of carbonyl (C=O) groups is 1. The van der Waals surface area contributed by atoms with Crippen molar-refractivity contribution in [3.8, 4) is 5.75 Å². The summed E-state index contributed by atoms with van der Waals surface area (Å²) in [7, 11) is 0. The van der Waals surface area contributed by atoms with Gasteiger partial charge in [0.15, 0.2) is 5.75 Å². The number of hydrogen-bond acceptors (Lipinski definition) is 4. The molecule has 1 saturated heterocycles. The van der Waals surface area contributed by atoms with Gasteiger partial charge in [0.05, 0.1) is 4.92 Å². The highest BCUT2D eigenvalue weighted by atomic mass is 35.5. The molecule has 0 atom stereocenters. The Morgan fingerprint density at radius 1 is 1.16 bits per heavy atom. The number of amides is 1. The van der Waals surface area contributed by atoms with Crippen LogP contribution in [0.25, 0.3) is 0 Å². The van der Waals surface area contributed by atoms with Crippen molar-refractivity contribution in [3.63, 3.8) is 0 Å². The molecule has 1 amide bonds. The molecule has 0 aliphatic carbocycles. The van der Waals surface area contributed by atoms with Crippen LogP contribution in [0.2, 0.25) is 5.02 Å². The monoisotopic (exact) mass is 360 g/mol. The average Bonchev–Trinajstić information content (AvgIpc) is 3.15. The summed E-state index contributed by atoms with van der Waals surface area (Å²) in [5.41, 5.74) is 1.29. The first-order chi connectivity index (χ1) is 12.0. The molecule has 1 aliphatic heterocycles. The zero-order valence-corrected chi connectivity index (χ0v) is 14.2. The molecule has 6 nitrogen and oxygen atoms in total. The van der Waals surface area contributed by atoms with Crippen LogP contribution >= 0.6 is 11.6 Å². The number of hydrogen-bond donors (Lipinski definition) is 0. The lowest BCUT2D eigenvalue weighted by Crippen LogP contribution is -2.27. The van der Waals surface area contributed by atoms with E-state index in [4.69, 9.17) is 16.3 Å². The molecule has 25 heavy (non-hydrogen) atoms. The van der Waals surface area contributed by atoms with Crippen molar-refractivity contribution in [2.24, 2.45) is 0 Å². The highest BCUT2D eigenvalue weighted by Gasteiger charge is 2.19. The van der Waals surface area contributed by atoms with E-state index in [1.807, 2.05) is 4.90 Å². The minimum atomic E-state index is -0.529. The van der Waals surface area contributed by atoms with Crippen molar-refractivity contribution in [1.82, 2.24) is 4.90 Å². The quantitative estimate of drug-likeness (QED) is 0.595. The van der Waals surface area contributed by atoms with E-state index in [-0.39, 0.29) is 29.0 Å². The van der Waals surface area contributed by atoms with Crippen molar-refractivity contribution in [2.75, 3.05) is 13.1 Å². The molecule has 0 bridgehead atoms. The smallest absolute Gasteiger partial charge is 0.312 e. The normalized spacial score (nSPS) is 13.7. The van der Waals surface area contributed by atoms with Crippen LogP contribution in [-0.4, -0.2) is 28.8 Å². The van der Waals surface area contributed by atoms with E-state index in [0.717, 1.165) is 31.5 Å². The van der Waals surface area contributed by atoms with Gasteiger partial charge in [-0.1, -0.05) is 23.7 Å². The van der Waals surface area contributed by atoms with Crippen molar-refractivity contribution in [2.45, 2.75) is 19.4 Å². The third-order valence-corrected chi connectivity index (χ3v) is 4.34. The van der Waals surface area contributed by atoms with Gasteiger partial charge in [-0.15, -0.1) is 0 Å². The maximum Gasteiger partial charge on any atom is 0.312 e. The molecule has 3 rings (SSSR count). The van der Waals surface area contributed by atoms with Crippen LogP contribution in [0, 0.1) is 10.1 Å². The number of carbonyl (C=O) groups excluding carboxylic acids is 1. The summed E-state index contributed by atoms with van der Waals surface area (Å²) in [4.78, 5) is 24.7. The van der Waals surface area contributed by atoms with E-state index in [9.17, 15) is 14.9 Å². The summed E-state index contributed by atoms with van der Waals surface area (Å²) in [6, 6.07) is 11.4. The fourth-order valence-corrected chi connectivity index (χ4v) is 2.93. The second kappa shape index (κ2) is 7.53. The maximum atomic E-state index is 12.3. The molecular formula is C18H17ClN2O4. The lowest BCUT2D eigenvalue weighted by molar-refractivity contribution is -0.385. The molecule has 1 aliphatic rings. The minimum absolute atomic E-state index is 0.0401. The van der Waals surface area contributed by atoms with E-state index in [1.54, 1.807) is 30.3 Å². The fourth-order valence-electron chi connectivity index (χ4n) is 2.76. The molecule has 2 aromatic carbocycles. The van der Waals surface area contributed by atoms with Crippen LogP contribution in [0.3, 0.4) is 0 Å². The number of likely N-dealkylation sites (tertiary alicyclic amines) is 1. The Balaban J connectivity index is 1.66. The molecule has 130 valence electrons. The van der Waals surface area contributed by atoms with Crippen molar-refractivity contribution < 1.29 is 14.5 Å². The highest BCUT2D eigenvalue weighted by Crippen LogP contribution is 2.30. The van der Waals surface area contributed by atoms with Gasteiger partial charge in [-0.05, 0) is 42.7 Å². The Kier molecular flexibility index (Phi) is 5.19. The topological polar surface area (TPSA) is 72.7 Å². The second-order valence-electron chi connectivity index (χ2n) is 5.85. The van der Waals surface area contributed by atoms with Gasteiger partial charge in [-0.25, -0.2) is 0 Å². The third kappa shape index (κ3) is 4.09. The van der Waals surface area contributed by atoms with Gasteiger partial charge in [0.25, 0.3) is 5.91 Å². The van der Waals surface area contributed by atoms with Gasteiger partial charge < -0.3 is 9.64 Å². The zero-order valence-electron chi connectivity index (χ0n) is 13.5. The Morgan fingerprint density at radius 2 is 1.84 bits per heavy atom. The Bertz CT molecular complexity index is 786. The number of halogens is 1. The van der Waals surface area contributed by atoms with Gasteiger partial charge >= 0.3 is 5.69 Å². The highest BCUT2D eigenvalue weighted by molar-refractivity contribution is 6.30. The number of ether oxygens (including phenoxy) is 1. The molecule has 1 fully saturated rings. The predicted octanol–water partition coefficient (Wildman–Crippen LogP) is 4.06. The SMILES string of the molecule is O=C(c1ccc(COc2ccc(Cl)cc2[N+](=O)[O-])cc1)N1CCCC1. The molecular weight excluding hydrogens is 344 g/mol. The lowest BCUT2D eigenvalue weighted by atomic mass is 10.1.